The van der Waals surface area contributed by atoms with Crippen molar-refractivity contribution in [1.82, 2.24) is 4.90 Å². The van der Waals surface area contributed by atoms with E-state index in [-0.39, 0.29) is 24.0 Å². The van der Waals surface area contributed by atoms with Gasteiger partial charge in [-0.3, -0.25) is 4.79 Å². The summed E-state index contributed by atoms with van der Waals surface area (Å²) in [6.45, 7) is 2.22. The van der Waals surface area contributed by atoms with Gasteiger partial charge in [-0.15, -0.1) is 0 Å². The van der Waals surface area contributed by atoms with Crippen LogP contribution in [0.4, 0.5) is 0 Å². The molecule has 0 radical (unpaired) electrons. The lowest BCUT2D eigenvalue weighted by atomic mass is 9.72. The molecule has 0 bridgehead atoms. The molecule has 5 nitrogen and oxygen atoms in total. The first-order valence-electron chi connectivity index (χ1n) is 8.76. The fourth-order valence-corrected chi connectivity index (χ4v) is 4.02. The van der Waals surface area contributed by atoms with Gasteiger partial charge in [0.25, 0.3) is 5.91 Å². The van der Waals surface area contributed by atoms with E-state index in [2.05, 4.69) is 0 Å². The molecule has 0 saturated carbocycles. The standard InChI is InChI=1S/C19H27NO4/c1-23-17(15-5-3-2-4-6-15)18(22)20-14-19(8-7-16(20)13-21)9-11-24-12-10-19/h2-6,16-17,21H,7-14H2,1H3/t16?,17-/m1/s1. The molecular formula is C19H27NO4. The lowest BCUT2D eigenvalue weighted by Crippen LogP contribution is -2.55. The number of piperidine rings is 1. The molecule has 0 aliphatic carbocycles. The number of amides is 1. The molecule has 1 spiro atoms. The number of nitrogens with zero attached hydrogens (tertiary/aromatic N) is 1. The summed E-state index contributed by atoms with van der Waals surface area (Å²) in [6, 6.07) is 9.45. The van der Waals surface area contributed by atoms with Crippen LogP contribution in [0.2, 0.25) is 0 Å². The lowest BCUT2D eigenvalue weighted by molar-refractivity contribution is -0.153. The van der Waals surface area contributed by atoms with E-state index in [4.69, 9.17) is 9.47 Å². The van der Waals surface area contributed by atoms with E-state index in [9.17, 15) is 9.90 Å². The van der Waals surface area contributed by atoms with E-state index in [1.165, 1.54) is 0 Å². The summed E-state index contributed by atoms with van der Waals surface area (Å²) in [6.07, 6.45) is 3.24. The molecule has 5 heteroatoms. The van der Waals surface area contributed by atoms with Crippen molar-refractivity contribution in [3.63, 3.8) is 0 Å². The van der Waals surface area contributed by atoms with Crippen LogP contribution >= 0.6 is 0 Å². The summed E-state index contributed by atoms with van der Waals surface area (Å²) in [5.74, 6) is -0.0479. The molecule has 24 heavy (non-hydrogen) atoms. The highest BCUT2D eigenvalue weighted by Gasteiger charge is 2.43. The Morgan fingerprint density at radius 2 is 2.04 bits per heavy atom. The number of ether oxygens (including phenoxy) is 2. The van der Waals surface area contributed by atoms with E-state index in [0.717, 1.165) is 44.5 Å². The van der Waals surface area contributed by atoms with Crippen molar-refractivity contribution in [3.8, 4) is 0 Å². The first-order chi connectivity index (χ1) is 11.7. The predicted molar refractivity (Wildman–Crippen MR) is 90.5 cm³/mol. The third kappa shape index (κ3) is 3.48. The van der Waals surface area contributed by atoms with Crippen LogP contribution < -0.4 is 0 Å². The minimum absolute atomic E-state index is 0.00352. The molecule has 3 rings (SSSR count). The van der Waals surface area contributed by atoms with Crippen molar-refractivity contribution >= 4 is 5.91 Å². The number of carbonyl (C=O) groups excluding carboxylic acids is 1. The van der Waals surface area contributed by atoms with Gasteiger partial charge in [-0.2, -0.15) is 0 Å². The summed E-state index contributed by atoms with van der Waals surface area (Å²) < 4.78 is 11.0. The molecule has 0 aromatic heterocycles. The Kier molecular flexibility index (Phi) is 5.54. The van der Waals surface area contributed by atoms with Crippen LogP contribution in [0.25, 0.3) is 0 Å². The summed E-state index contributed by atoms with van der Waals surface area (Å²) in [7, 11) is 1.57. The molecule has 2 fully saturated rings. The first kappa shape index (κ1) is 17.4. The number of hydrogen-bond donors (Lipinski definition) is 1. The Balaban J connectivity index is 1.81. The molecule has 2 aliphatic rings. The quantitative estimate of drug-likeness (QED) is 0.917. The van der Waals surface area contributed by atoms with Crippen LogP contribution in [0.1, 0.15) is 37.4 Å². The van der Waals surface area contributed by atoms with Gasteiger partial charge in [-0.05, 0) is 36.7 Å². The van der Waals surface area contributed by atoms with Gasteiger partial charge in [0, 0.05) is 26.9 Å². The Hall–Kier alpha value is -1.43. The molecule has 2 atom stereocenters. The normalized spacial score (nSPS) is 24.8. The second kappa shape index (κ2) is 7.64. The van der Waals surface area contributed by atoms with Crippen LogP contribution in [0.3, 0.4) is 0 Å². The van der Waals surface area contributed by atoms with E-state index in [1.807, 2.05) is 35.2 Å². The molecule has 2 saturated heterocycles. The molecule has 1 aromatic carbocycles. The smallest absolute Gasteiger partial charge is 0.256 e. The topological polar surface area (TPSA) is 59.0 Å². The summed E-state index contributed by atoms with van der Waals surface area (Å²) in [4.78, 5) is 15.0. The molecular weight excluding hydrogens is 306 g/mol. The second-order valence-electron chi connectivity index (χ2n) is 6.98. The van der Waals surface area contributed by atoms with Gasteiger partial charge in [0.2, 0.25) is 0 Å². The first-order valence-corrected chi connectivity index (χ1v) is 8.76. The van der Waals surface area contributed by atoms with Gasteiger partial charge in [-0.1, -0.05) is 30.3 Å². The minimum atomic E-state index is -0.616. The largest absolute Gasteiger partial charge is 0.394 e. The Bertz CT molecular complexity index is 542. The lowest BCUT2D eigenvalue weighted by Gasteiger charge is -2.49. The zero-order valence-corrected chi connectivity index (χ0v) is 14.3. The minimum Gasteiger partial charge on any atom is -0.394 e. The van der Waals surface area contributed by atoms with Gasteiger partial charge < -0.3 is 19.5 Å². The predicted octanol–water partition coefficient (Wildman–Crippen LogP) is 2.15. The number of likely N-dealkylation sites (tertiary alicyclic amines) is 1. The monoisotopic (exact) mass is 333 g/mol. The van der Waals surface area contributed by atoms with Gasteiger partial charge in [0.1, 0.15) is 0 Å². The zero-order valence-electron chi connectivity index (χ0n) is 14.3. The van der Waals surface area contributed by atoms with Gasteiger partial charge in [0.05, 0.1) is 12.6 Å². The number of rotatable bonds is 4. The summed E-state index contributed by atoms with van der Waals surface area (Å²) >= 11 is 0. The van der Waals surface area contributed by atoms with Gasteiger partial charge in [0.15, 0.2) is 6.10 Å². The molecule has 132 valence electrons. The molecule has 1 aromatic rings. The second-order valence-corrected chi connectivity index (χ2v) is 6.98. The van der Waals surface area contributed by atoms with Crippen molar-refractivity contribution < 1.29 is 19.4 Å². The van der Waals surface area contributed by atoms with Crippen molar-refractivity contribution in [2.24, 2.45) is 5.41 Å². The Morgan fingerprint density at radius 1 is 1.33 bits per heavy atom. The Morgan fingerprint density at radius 3 is 2.67 bits per heavy atom. The maximum Gasteiger partial charge on any atom is 0.256 e. The highest BCUT2D eigenvalue weighted by molar-refractivity contribution is 5.83. The van der Waals surface area contributed by atoms with E-state index in [0.29, 0.717) is 6.54 Å². The number of hydrogen-bond acceptors (Lipinski definition) is 4. The SMILES string of the molecule is CO[C@@H](C(=O)N1CC2(CCOCC2)CCC1CO)c1ccccc1. The summed E-state index contributed by atoms with van der Waals surface area (Å²) in [5, 5.41) is 9.76. The fourth-order valence-electron chi connectivity index (χ4n) is 4.02. The van der Waals surface area contributed by atoms with E-state index < -0.39 is 6.10 Å². The third-order valence-corrected chi connectivity index (χ3v) is 5.56. The molecule has 1 unspecified atom stereocenters. The maximum absolute atomic E-state index is 13.2. The number of benzene rings is 1. The average molecular weight is 333 g/mol. The highest BCUT2D eigenvalue weighted by Crippen LogP contribution is 2.42. The Labute approximate surface area is 143 Å². The van der Waals surface area contributed by atoms with Crippen LogP contribution in [0, 0.1) is 5.41 Å². The van der Waals surface area contributed by atoms with Crippen molar-refractivity contribution in [1.29, 1.82) is 0 Å². The summed E-state index contributed by atoms with van der Waals surface area (Å²) in [5.41, 5.74) is 0.988. The number of aliphatic hydroxyl groups is 1. The number of methoxy groups -OCH3 is 1. The van der Waals surface area contributed by atoms with E-state index in [1.54, 1.807) is 7.11 Å². The zero-order chi connectivity index (χ0) is 17.0. The van der Waals surface area contributed by atoms with Crippen molar-refractivity contribution in [3.05, 3.63) is 35.9 Å². The van der Waals surface area contributed by atoms with E-state index >= 15 is 0 Å². The highest BCUT2D eigenvalue weighted by atomic mass is 16.5. The van der Waals surface area contributed by atoms with Gasteiger partial charge >= 0.3 is 0 Å². The molecule has 2 heterocycles. The third-order valence-electron chi connectivity index (χ3n) is 5.56. The molecule has 1 amide bonds. The van der Waals surface area contributed by atoms with Crippen LogP contribution in [0.15, 0.2) is 30.3 Å². The van der Waals surface area contributed by atoms with Gasteiger partial charge in [-0.25, -0.2) is 0 Å². The average Bonchev–Trinajstić information content (AvgIpc) is 2.64. The molecule has 2 aliphatic heterocycles. The molecule has 1 N–H and O–H groups in total. The van der Waals surface area contributed by atoms with Crippen molar-refractivity contribution in [2.75, 3.05) is 33.5 Å². The van der Waals surface area contributed by atoms with Crippen LogP contribution in [-0.4, -0.2) is 55.4 Å². The fraction of sp³-hybridized carbons (Fsp3) is 0.632. The number of carbonyl (C=O) groups is 1. The van der Waals surface area contributed by atoms with Crippen LogP contribution in [0.5, 0.6) is 0 Å². The van der Waals surface area contributed by atoms with Crippen LogP contribution in [-0.2, 0) is 14.3 Å². The number of aliphatic hydroxyl groups excluding tert-OH is 1. The van der Waals surface area contributed by atoms with Crippen molar-refractivity contribution in [2.45, 2.75) is 37.8 Å². The maximum atomic E-state index is 13.2.